The number of nitrogens with zero attached hydrogens (tertiary/aromatic N) is 1. The van der Waals surface area contributed by atoms with Crippen LogP contribution in [-0.2, 0) is 4.79 Å². The van der Waals surface area contributed by atoms with Crippen LogP contribution in [0.4, 0.5) is 0 Å². The van der Waals surface area contributed by atoms with Crippen molar-refractivity contribution >= 4 is 5.91 Å². The number of rotatable bonds is 8. The molecule has 1 aromatic carbocycles. The number of aryl methyl sites for hydroxylation is 2. The highest BCUT2D eigenvalue weighted by Crippen LogP contribution is 2.21. The first-order chi connectivity index (χ1) is 12.1. The Morgan fingerprint density at radius 1 is 1.20 bits per heavy atom. The summed E-state index contributed by atoms with van der Waals surface area (Å²) in [6, 6.07) is 6.10. The maximum absolute atomic E-state index is 12.4. The molecule has 25 heavy (non-hydrogen) atoms. The molecule has 4 nitrogen and oxygen atoms in total. The lowest BCUT2D eigenvalue weighted by Gasteiger charge is -2.21. The molecule has 0 aromatic heterocycles. The summed E-state index contributed by atoms with van der Waals surface area (Å²) in [7, 11) is 0. The van der Waals surface area contributed by atoms with Crippen LogP contribution in [0.2, 0.25) is 0 Å². The minimum atomic E-state index is -0.418. The molecule has 1 N–H and O–H groups in total. The van der Waals surface area contributed by atoms with Gasteiger partial charge in [0.2, 0.25) is 0 Å². The molecule has 4 heteroatoms. The van der Waals surface area contributed by atoms with E-state index in [1.165, 1.54) is 38.8 Å². The molecule has 0 bridgehead atoms. The second kappa shape index (κ2) is 10.4. The first kappa shape index (κ1) is 19.8. The molecule has 2 rings (SSSR count). The van der Waals surface area contributed by atoms with Gasteiger partial charge in [0, 0.05) is 6.54 Å². The molecule has 1 saturated heterocycles. The highest BCUT2D eigenvalue weighted by molar-refractivity contribution is 5.81. The number of carbonyl (C=O) groups is 1. The highest BCUT2D eigenvalue weighted by Gasteiger charge is 2.19. The van der Waals surface area contributed by atoms with Crippen molar-refractivity contribution in [1.82, 2.24) is 10.2 Å². The molecule has 1 aromatic rings. The third kappa shape index (κ3) is 6.69. The van der Waals surface area contributed by atoms with Crippen molar-refractivity contribution in [1.29, 1.82) is 0 Å². The largest absolute Gasteiger partial charge is 0.480 e. The van der Waals surface area contributed by atoms with Crippen LogP contribution >= 0.6 is 0 Å². The van der Waals surface area contributed by atoms with Gasteiger partial charge in [-0.05, 0) is 76.4 Å². The fraction of sp³-hybridized carbons (Fsp3) is 0.667. The molecule has 1 aliphatic rings. The molecule has 0 aliphatic carbocycles. The predicted molar refractivity (Wildman–Crippen MR) is 103 cm³/mol. The van der Waals surface area contributed by atoms with Gasteiger partial charge >= 0.3 is 0 Å². The molecule has 1 amide bonds. The molecule has 140 valence electrons. The van der Waals surface area contributed by atoms with Crippen molar-refractivity contribution in [2.45, 2.75) is 65.4 Å². The Morgan fingerprint density at radius 3 is 2.60 bits per heavy atom. The number of hydrogen-bond donors (Lipinski definition) is 1. The Morgan fingerprint density at radius 2 is 1.92 bits per heavy atom. The van der Waals surface area contributed by atoms with Crippen LogP contribution in [0.5, 0.6) is 5.75 Å². The van der Waals surface area contributed by atoms with Crippen molar-refractivity contribution in [2.24, 2.45) is 0 Å². The Balaban J connectivity index is 1.74. The van der Waals surface area contributed by atoms with Gasteiger partial charge in [-0.15, -0.1) is 0 Å². The molecular weight excluding hydrogens is 312 g/mol. The third-order valence-corrected chi connectivity index (χ3v) is 4.93. The molecular formula is C21H34N2O2. The van der Waals surface area contributed by atoms with Gasteiger partial charge in [-0.1, -0.05) is 31.9 Å². The average Bonchev–Trinajstić information content (AvgIpc) is 2.88. The van der Waals surface area contributed by atoms with Gasteiger partial charge in [-0.25, -0.2) is 0 Å². The minimum absolute atomic E-state index is 0.000674. The van der Waals surface area contributed by atoms with Crippen LogP contribution in [0, 0.1) is 13.8 Å². The Kier molecular flexibility index (Phi) is 8.26. The van der Waals surface area contributed by atoms with Crippen LogP contribution < -0.4 is 10.1 Å². The number of carbonyl (C=O) groups excluding carboxylic acids is 1. The standard InChI is InChI=1S/C21H34N2O2/c1-4-19(25-20-16-17(2)10-11-18(20)3)21(24)22-12-9-15-23-13-7-5-6-8-14-23/h10-11,16,19H,4-9,12-15H2,1-3H3,(H,22,24). The summed E-state index contributed by atoms with van der Waals surface area (Å²) >= 11 is 0. The average molecular weight is 347 g/mol. The predicted octanol–water partition coefficient (Wildman–Crippen LogP) is 3.84. The number of hydrogen-bond acceptors (Lipinski definition) is 3. The van der Waals surface area contributed by atoms with Crippen LogP contribution in [-0.4, -0.2) is 43.1 Å². The van der Waals surface area contributed by atoms with E-state index < -0.39 is 6.10 Å². The molecule has 0 saturated carbocycles. The Hall–Kier alpha value is -1.55. The number of ether oxygens (including phenoxy) is 1. The first-order valence-electron chi connectivity index (χ1n) is 9.84. The lowest BCUT2D eigenvalue weighted by Crippen LogP contribution is -2.39. The van der Waals surface area contributed by atoms with Crippen LogP contribution in [0.1, 0.15) is 56.6 Å². The summed E-state index contributed by atoms with van der Waals surface area (Å²) < 4.78 is 5.98. The van der Waals surface area contributed by atoms with Gasteiger partial charge < -0.3 is 15.0 Å². The van der Waals surface area contributed by atoms with E-state index in [0.29, 0.717) is 6.42 Å². The smallest absolute Gasteiger partial charge is 0.261 e. The van der Waals surface area contributed by atoms with E-state index in [4.69, 9.17) is 4.74 Å². The Labute approximate surface area is 152 Å². The fourth-order valence-corrected chi connectivity index (χ4v) is 3.30. The zero-order valence-corrected chi connectivity index (χ0v) is 16.1. The summed E-state index contributed by atoms with van der Waals surface area (Å²) in [5.41, 5.74) is 2.21. The summed E-state index contributed by atoms with van der Waals surface area (Å²) in [5.74, 6) is 0.811. The molecule has 1 heterocycles. The summed E-state index contributed by atoms with van der Waals surface area (Å²) in [6.07, 6.45) is 6.61. The number of amides is 1. The monoisotopic (exact) mass is 346 g/mol. The summed E-state index contributed by atoms with van der Waals surface area (Å²) in [4.78, 5) is 15.0. The van der Waals surface area contributed by atoms with E-state index in [1.807, 2.05) is 32.9 Å². The molecule has 0 spiro atoms. The van der Waals surface area contributed by atoms with E-state index in [9.17, 15) is 4.79 Å². The molecule has 1 unspecified atom stereocenters. The third-order valence-electron chi connectivity index (χ3n) is 4.93. The second-order valence-corrected chi connectivity index (χ2v) is 7.18. The van der Waals surface area contributed by atoms with E-state index in [-0.39, 0.29) is 5.91 Å². The zero-order chi connectivity index (χ0) is 18.1. The van der Waals surface area contributed by atoms with Crippen LogP contribution in [0.3, 0.4) is 0 Å². The van der Waals surface area contributed by atoms with Crippen LogP contribution in [0.25, 0.3) is 0 Å². The number of likely N-dealkylation sites (tertiary alicyclic amines) is 1. The van der Waals surface area contributed by atoms with Crippen molar-refractivity contribution in [3.8, 4) is 5.75 Å². The molecule has 1 fully saturated rings. The Bertz CT molecular complexity index is 537. The summed E-state index contributed by atoms with van der Waals surface area (Å²) in [6.45, 7) is 10.3. The normalized spacial score (nSPS) is 16.9. The summed E-state index contributed by atoms with van der Waals surface area (Å²) in [5, 5.41) is 3.05. The molecule has 0 radical (unpaired) electrons. The van der Waals surface area contributed by atoms with Crippen molar-refractivity contribution < 1.29 is 9.53 Å². The number of benzene rings is 1. The van der Waals surface area contributed by atoms with Gasteiger partial charge in [-0.2, -0.15) is 0 Å². The maximum Gasteiger partial charge on any atom is 0.261 e. The van der Waals surface area contributed by atoms with Gasteiger partial charge in [0.15, 0.2) is 6.10 Å². The van der Waals surface area contributed by atoms with E-state index in [1.54, 1.807) is 0 Å². The quantitative estimate of drug-likeness (QED) is 0.727. The van der Waals surface area contributed by atoms with Gasteiger partial charge in [0.05, 0.1) is 0 Å². The van der Waals surface area contributed by atoms with Crippen molar-refractivity contribution in [2.75, 3.05) is 26.2 Å². The lowest BCUT2D eigenvalue weighted by atomic mass is 10.1. The van der Waals surface area contributed by atoms with Crippen LogP contribution in [0.15, 0.2) is 18.2 Å². The van der Waals surface area contributed by atoms with Gasteiger partial charge in [0.25, 0.3) is 5.91 Å². The molecule has 1 atom stereocenters. The number of nitrogens with one attached hydrogen (secondary N) is 1. The topological polar surface area (TPSA) is 41.6 Å². The van der Waals surface area contributed by atoms with E-state index in [0.717, 1.165) is 36.4 Å². The maximum atomic E-state index is 12.4. The van der Waals surface area contributed by atoms with Gasteiger partial charge in [0.1, 0.15) is 5.75 Å². The lowest BCUT2D eigenvalue weighted by molar-refractivity contribution is -0.128. The van der Waals surface area contributed by atoms with E-state index >= 15 is 0 Å². The van der Waals surface area contributed by atoms with E-state index in [2.05, 4.69) is 16.3 Å². The first-order valence-corrected chi connectivity index (χ1v) is 9.84. The van der Waals surface area contributed by atoms with Crippen molar-refractivity contribution in [3.05, 3.63) is 29.3 Å². The van der Waals surface area contributed by atoms with Crippen molar-refractivity contribution in [3.63, 3.8) is 0 Å². The zero-order valence-electron chi connectivity index (χ0n) is 16.1. The second-order valence-electron chi connectivity index (χ2n) is 7.18. The molecule has 1 aliphatic heterocycles. The minimum Gasteiger partial charge on any atom is -0.480 e. The fourth-order valence-electron chi connectivity index (χ4n) is 3.30. The van der Waals surface area contributed by atoms with Gasteiger partial charge in [-0.3, -0.25) is 4.79 Å². The SMILES string of the molecule is CCC(Oc1cc(C)ccc1C)C(=O)NCCCN1CCCCCC1. The highest BCUT2D eigenvalue weighted by atomic mass is 16.5.